The van der Waals surface area contributed by atoms with E-state index in [0.717, 1.165) is 24.9 Å². The number of benzene rings is 1. The van der Waals surface area contributed by atoms with Gasteiger partial charge >= 0.3 is 5.97 Å². The molecular formula is C13H16BrNO3. The molecule has 2 rings (SSSR count). The van der Waals surface area contributed by atoms with Crippen molar-refractivity contribution < 1.29 is 15.0 Å². The van der Waals surface area contributed by atoms with E-state index in [-0.39, 0.29) is 5.75 Å². The van der Waals surface area contributed by atoms with Crippen LogP contribution < -0.4 is 0 Å². The maximum atomic E-state index is 11.2. The van der Waals surface area contributed by atoms with E-state index in [1.165, 1.54) is 0 Å². The van der Waals surface area contributed by atoms with Gasteiger partial charge in [-0.2, -0.15) is 0 Å². The number of rotatable bonds is 3. The number of likely N-dealkylation sites (tertiary alicyclic amines) is 1. The zero-order chi connectivity index (χ0) is 13.1. The first-order chi connectivity index (χ1) is 8.59. The van der Waals surface area contributed by atoms with Crippen molar-refractivity contribution in [2.75, 3.05) is 6.54 Å². The van der Waals surface area contributed by atoms with Crippen LogP contribution >= 0.6 is 15.9 Å². The Morgan fingerprint density at radius 3 is 2.94 bits per heavy atom. The summed E-state index contributed by atoms with van der Waals surface area (Å²) in [7, 11) is 0. The summed E-state index contributed by atoms with van der Waals surface area (Å²) in [6, 6.07) is 4.87. The Bertz CT molecular complexity index is 450. The molecule has 1 saturated heterocycles. The maximum Gasteiger partial charge on any atom is 0.320 e. The number of aromatic hydroxyl groups is 1. The van der Waals surface area contributed by atoms with Crippen molar-refractivity contribution in [2.45, 2.75) is 31.8 Å². The van der Waals surface area contributed by atoms with E-state index >= 15 is 0 Å². The first-order valence-corrected chi connectivity index (χ1v) is 6.82. The van der Waals surface area contributed by atoms with Gasteiger partial charge in [-0.3, -0.25) is 9.69 Å². The fourth-order valence-electron chi connectivity index (χ4n) is 2.37. The fraction of sp³-hybridized carbons (Fsp3) is 0.462. The number of carbonyl (C=O) groups is 1. The van der Waals surface area contributed by atoms with Crippen LogP contribution in [-0.2, 0) is 11.3 Å². The second-order valence-electron chi connectivity index (χ2n) is 4.57. The summed E-state index contributed by atoms with van der Waals surface area (Å²) in [5.74, 6) is -0.567. The first-order valence-electron chi connectivity index (χ1n) is 6.03. The maximum absolute atomic E-state index is 11.2. The van der Waals surface area contributed by atoms with Crippen LogP contribution in [0.4, 0.5) is 0 Å². The van der Waals surface area contributed by atoms with Gasteiger partial charge < -0.3 is 10.2 Å². The third-order valence-electron chi connectivity index (χ3n) is 3.33. The molecule has 4 nitrogen and oxygen atoms in total. The molecule has 1 aliphatic heterocycles. The number of aliphatic carboxylic acids is 1. The lowest BCUT2D eigenvalue weighted by atomic mass is 10.0. The lowest BCUT2D eigenvalue weighted by molar-refractivity contribution is -0.144. The van der Waals surface area contributed by atoms with Crippen LogP contribution in [0.1, 0.15) is 24.8 Å². The Balaban J connectivity index is 2.16. The minimum absolute atomic E-state index is 0.191. The molecule has 5 heteroatoms. The summed E-state index contributed by atoms with van der Waals surface area (Å²) in [6.45, 7) is 1.34. The molecule has 1 aromatic carbocycles. The lowest BCUT2D eigenvalue weighted by Gasteiger charge is -2.33. The zero-order valence-corrected chi connectivity index (χ0v) is 11.6. The van der Waals surface area contributed by atoms with Crippen molar-refractivity contribution in [1.82, 2.24) is 4.90 Å². The van der Waals surface area contributed by atoms with Crippen LogP contribution in [0.5, 0.6) is 5.75 Å². The molecule has 1 aliphatic rings. The fourth-order valence-corrected chi connectivity index (χ4v) is 2.76. The van der Waals surface area contributed by atoms with Crippen molar-refractivity contribution in [3.63, 3.8) is 0 Å². The van der Waals surface area contributed by atoms with E-state index in [0.29, 0.717) is 17.4 Å². The Labute approximate surface area is 114 Å². The van der Waals surface area contributed by atoms with Crippen molar-refractivity contribution in [3.05, 3.63) is 28.2 Å². The van der Waals surface area contributed by atoms with E-state index in [1.54, 1.807) is 12.1 Å². The molecule has 0 amide bonds. The highest BCUT2D eigenvalue weighted by molar-refractivity contribution is 9.10. The highest BCUT2D eigenvalue weighted by Crippen LogP contribution is 2.29. The summed E-state index contributed by atoms with van der Waals surface area (Å²) >= 11 is 3.34. The van der Waals surface area contributed by atoms with Gasteiger partial charge in [0.05, 0.1) is 4.47 Å². The molecule has 2 N–H and O–H groups in total. The molecule has 0 aliphatic carbocycles. The molecule has 1 unspecified atom stereocenters. The number of nitrogens with zero attached hydrogens (tertiary/aromatic N) is 1. The quantitative estimate of drug-likeness (QED) is 0.900. The van der Waals surface area contributed by atoms with E-state index in [2.05, 4.69) is 15.9 Å². The summed E-state index contributed by atoms with van der Waals surface area (Å²) in [6.07, 6.45) is 2.70. The highest BCUT2D eigenvalue weighted by Gasteiger charge is 2.28. The van der Waals surface area contributed by atoms with E-state index < -0.39 is 12.0 Å². The van der Waals surface area contributed by atoms with Gasteiger partial charge in [0.1, 0.15) is 11.8 Å². The molecule has 18 heavy (non-hydrogen) atoms. The van der Waals surface area contributed by atoms with Gasteiger partial charge in [-0.15, -0.1) is 0 Å². The number of hydrogen-bond donors (Lipinski definition) is 2. The number of piperidine rings is 1. The minimum Gasteiger partial charge on any atom is -0.507 e. The SMILES string of the molecule is O=C(O)C1CCCCN1Cc1cccc(O)c1Br. The number of phenolic OH excluding ortho intramolecular Hbond substituents is 1. The largest absolute Gasteiger partial charge is 0.507 e. The standard InChI is InChI=1S/C13H16BrNO3/c14-12-9(4-3-6-11(12)16)8-15-7-2-1-5-10(15)13(17)18/h3-4,6,10,16H,1-2,5,7-8H2,(H,17,18). The summed E-state index contributed by atoms with van der Waals surface area (Å²) in [4.78, 5) is 13.2. The van der Waals surface area contributed by atoms with E-state index in [4.69, 9.17) is 0 Å². The Hall–Kier alpha value is -1.07. The van der Waals surface area contributed by atoms with Gasteiger partial charge in [0.15, 0.2) is 0 Å². The smallest absolute Gasteiger partial charge is 0.320 e. The molecule has 0 spiro atoms. The third kappa shape index (κ3) is 2.84. The van der Waals surface area contributed by atoms with Crippen molar-refractivity contribution in [1.29, 1.82) is 0 Å². The van der Waals surface area contributed by atoms with Crippen LogP contribution in [0, 0.1) is 0 Å². The Kier molecular flexibility index (Phi) is 4.24. The predicted octanol–water partition coefficient (Wildman–Crippen LogP) is 2.59. The van der Waals surface area contributed by atoms with Gasteiger partial charge in [0, 0.05) is 6.54 Å². The monoisotopic (exact) mass is 313 g/mol. The van der Waals surface area contributed by atoms with Crippen molar-refractivity contribution >= 4 is 21.9 Å². The topological polar surface area (TPSA) is 60.8 Å². The van der Waals surface area contributed by atoms with Gasteiger partial charge in [-0.05, 0) is 46.9 Å². The molecule has 1 aromatic rings. The molecular weight excluding hydrogens is 298 g/mol. The van der Waals surface area contributed by atoms with E-state index in [9.17, 15) is 15.0 Å². The normalized spacial score (nSPS) is 20.8. The number of halogens is 1. The van der Waals surface area contributed by atoms with E-state index in [1.807, 2.05) is 11.0 Å². The average Bonchev–Trinajstić information content (AvgIpc) is 2.35. The minimum atomic E-state index is -0.758. The van der Waals surface area contributed by atoms with Gasteiger partial charge in [0.2, 0.25) is 0 Å². The Morgan fingerprint density at radius 1 is 1.44 bits per heavy atom. The van der Waals surface area contributed by atoms with Gasteiger partial charge in [-0.25, -0.2) is 0 Å². The molecule has 98 valence electrons. The summed E-state index contributed by atoms with van der Waals surface area (Å²) in [5.41, 5.74) is 0.920. The molecule has 1 atom stereocenters. The predicted molar refractivity (Wildman–Crippen MR) is 71.5 cm³/mol. The van der Waals surface area contributed by atoms with Crippen LogP contribution in [0.25, 0.3) is 0 Å². The van der Waals surface area contributed by atoms with Gasteiger partial charge in [-0.1, -0.05) is 18.6 Å². The van der Waals surface area contributed by atoms with Crippen LogP contribution in [0.2, 0.25) is 0 Å². The zero-order valence-electron chi connectivity index (χ0n) is 9.97. The number of carboxylic acids is 1. The molecule has 1 fully saturated rings. The first kappa shape index (κ1) is 13.4. The summed E-state index contributed by atoms with van der Waals surface area (Å²) in [5, 5.41) is 18.8. The number of carboxylic acid groups (broad SMARTS) is 1. The molecule has 0 bridgehead atoms. The second-order valence-corrected chi connectivity index (χ2v) is 5.36. The van der Waals surface area contributed by atoms with Crippen LogP contribution in [0.15, 0.2) is 22.7 Å². The Morgan fingerprint density at radius 2 is 2.22 bits per heavy atom. The molecule has 0 saturated carbocycles. The lowest BCUT2D eigenvalue weighted by Crippen LogP contribution is -2.44. The molecule has 0 aromatic heterocycles. The van der Waals surface area contributed by atoms with Crippen molar-refractivity contribution in [2.24, 2.45) is 0 Å². The van der Waals surface area contributed by atoms with Crippen molar-refractivity contribution in [3.8, 4) is 5.75 Å². The van der Waals surface area contributed by atoms with Crippen LogP contribution in [0.3, 0.4) is 0 Å². The number of phenols is 1. The average molecular weight is 314 g/mol. The molecule has 0 radical (unpaired) electrons. The molecule has 1 heterocycles. The second kappa shape index (κ2) is 5.71. The van der Waals surface area contributed by atoms with Crippen LogP contribution in [-0.4, -0.2) is 33.7 Å². The highest BCUT2D eigenvalue weighted by atomic mass is 79.9. The number of hydrogen-bond acceptors (Lipinski definition) is 3. The van der Waals surface area contributed by atoms with Gasteiger partial charge in [0.25, 0.3) is 0 Å². The summed E-state index contributed by atoms with van der Waals surface area (Å²) < 4.78 is 0.653. The third-order valence-corrected chi connectivity index (χ3v) is 4.25.